The second kappa shape index (κ2) is 5.03. The van der Waals surface area contributed by atoms with E-state index < -0.39 is 0 Å². The third-order valence-corrected chi connectivity index (χ3v) is 2.50. The molecule has 0 aliphatic rings. The van der Waals surface area contributed by atoms with Crippen molar-refractivity contribution < 1.29 is 9.47 Å². The van der Waals surface area contributed by atoms with E-state index in [1.807, 2.05) is 12.1 Å². The lowest BCUT2D eigenvalue weighted by Crippen LogP contribution is -2.07. The molecule has 0 saturated heterocycles. The molecule has 0 aliphatic heterocycles. The van der Waals surface area contributed by atoms with Crippen LogP contribution in [0.3, 0.4) is 0 Å². The van der Waals surface area contributed by atoms with Gasteiger partial charge in [-0.25, -0.2) is 0 Å². The Morgan fingerprint density at radius 2 is 1.67 bits per heavy atom. The van der Waals surface area contributed by atoms with Crippen molar-refractivity contribution in [3.8, 4) is 11.5 Å². The number of methoxy groups -OCH3 is 2. The smallest absolute Gasteiger partial charge is 0.123 e. The topological polar surface area (TPSA) is 44.5 Å². The molecular formula is C12H19NO2. The molecule has 0 bridgehead atoms. The van der Waals surface area contributed by atoms with Gasteiger partial charge in [-0.05, 0) is 18.1 Å². The number of hydrogen-bond acceptors (Lipinski definition) is 3. The number of hydrogen-bond donors (Lipinski definition) is 1. The third kappa shape index (κ3) is 2.23. The Kier molecular flexibility index (Phi) is 3.97. The molecule has 0 fully saturated rings. The number of rotatable bonds is 4. The van der Waals surface area contributed by atoms with Gasteiger partial charge in [-0.2, -0.15) is 0 Å². The van der Waals surface area contributed by atoms with E-state index in [4.69, 9.17) is 15.2 Å². The predicted octanol–water partition coefficient (Wildman–Crippen LogP) is 2.29. The first-order valence-corrected chi connectivity index (χ1v) is 5.09. The second-order valence-electron chi connectivity index (χ2n) is 3.72. The highest BCUT2D eigenvalue weighted by Crippen LogP contribution is 2.35. The molecule has 15 heavy (non-hydrogen) atoms. The lowest BCUT2D eigenvalue weighted by molar-refractivity contribution is 0.392. The minimum atomic E-state index is 0.369. The van der Waals surface area contributed by atoms with Crippen LogP contribution in [0.1, 0.15) is 30.9 Å². The van der Waals surface area contributed by atoms with Crippen molar-refractivity contribution in [2.45, 2.75) is 26.3 Å². The maximum Gasteiger partial charge on any atom is 0.123 e. The molecule has 1 aromatic rings. The molecule has 0 aliphatic carbocycles. The van der Waals surface area contributed by atoms with Crippen LogP contribution in [-0.4, -0.2) is 14.2 Å². The molecule has 0 unspecified atom stereocenters. The lowest BCUT2D eigenvalue weighted by Gasteiger charge is -2.18. The minimum absolute atomic E-state index is 0.369. The number of nitrogens with two attached hydrogens (primary N) is 1. The van der Waals surface area contributed by atoms with Crippen LogP contribution in [0.25, 0.3) is 0 Å². The first kappa shape index (κ1) is 11.9. The summed E-state index contributed by atoms with van der Waals surface area (Å²) < 4.78 is 10.6. The molecule has 0 radical (unpaired) electrons. The fourth-order valence-corrected chi connectivity index (χ4v) is 1.84. The van der Waals surface area contributed by atoms with E-state index in [-0.39, 0.29) is 0 Å². The molecular weight excluding hydrogens is 190 g/mol. The summed E-state index contributed by atoms with van der Waals surface area (Å²) in [7, 11) is 3.33. The van der Waals surface area contributed by atoms with Gasteiger partial charge in [0, 0.05) is 17.7 Å². The fourth-order valence-electron chi connectivity index (χ4n) is 1.84. The van der Waals surface area contributed by atoms with E-state index in [9.17, 15) is 0 Å². The Morgan fingerprint density at radius 3 is 2.07 bits per heavy atom. The molecule has 3 heteroatoms. The Labute approximate surface area is 91.2 Å². The van der Waals surface area contributed by atoms with Crippen LogP contribution in [-0.2, 0) is 6.54 Å². The summed E-state index contributed by atoms with van der Waals surface area (Å²) in [5, 5.41) is 0. The van der Waals surface area contributed by atoms with Crippen LogP contribution in [0.5, 0.6) is 11.5 Å². The highest BCUT2D eigenvalue weighted by atomic mass is 16.5. The highest BCUT2D eigenvalue weighted by Gasteiger charge is 2.15. The maximum atomic E-state index is 5.75. The zero-order valence-electron chi connectivity index (χ0n) is 9.83. The van der Waals surface area contributed by atoms with Gasteiger partial charge in [-0.3, -0.25) is 0 Å². The molecule has 0 amide bonds. The van der Waals surface area contributed by atoms with Gasteiger partial charge < -0.3 is 15.2 Å². The third-order valence-electron chi connectivity index (χ3n) is 2.50. The molecule has 84 valence electrons. The van der Waals surface area contributed by atoms with Crippen molar-refractivity contribution in [2.24, 2.45) is 5.73 Å². The fraction of sp³-hybridized carbons (Fsp3) is 0.500. The highest BCUT2D eigenvalue weighted by molar-refractivity contribution is 5.50. The van der Waals surface area contributed by atoms with Gasteiger partial charge in [-0.15, -0.1) is 0 Å². The predicted molar refractivity (Wildman–Crippen MR) is 61.5 cm³/mol. The van der Waals surface area contributed by atoms with Crippen LogP contribution in [0.4, 0.5) is 0 Å². The molecule has 0 saturated carbocycles. The first-order chi connectivity index (χ1) is 7.15. The van der Waals surface area contributed by atoms with E-state index in [0.29, 0.717) is 12.5 Å². The zero-order chi connectivity index (χ0) is 11.4. The molecule has 3 nitrogen and oxygen atoms in total. The summed E-state index contributed by atoms with van der Waals surface area (Å²) >= 11 is 0. The van der Waals surface area contributed by atoms with E-state index >= 15 is 0 Å². The molecule has 0 aromatic heterocycles. The Hall–Kier alpha value is -1.22. The summed E-state index contributed by atoms with van der Waals surface area (Å²) in [6.45, 7) is 4.71. The second-order valence-corrected chi connectivity index (χ2v) is 3.72. The van der Waals surface area contributed by atoms with Crippen molar-refractivity contribution in [2.75, 3.05) is 14.2 Å². The van der Waals surface area contributed by atoms with Gasteiger partial charge in [0.1, 0.15) is 11.5 Å². The average Bonchev–Trinajstić information content (AvgIpc) is 2.26. The first-order valence-electron chi connectivity index (χ1n) is 5.09. The van der Waals surface area contributed by atoms with Crippen molar-refractivity contribution in [1.82, 2.24) is 0 Å². The molecule has 0 spiro atoms. The van der Waals surface area contributed by atoms with Crippen LogP contribution in [0, 0.1) is 0 Å². The van der Waals surface area contributed by atoms with Gasteiger partial charge in [0.25, 0.3) is 0 Å². The van der Waals surface area contributed by atoms with E-state index in [1.54, 1.807) is 14.2 Å². The van der Waals surface area contributed by atoms with Crippen molar-refractivity contribution in [3.05, 3.63) is 23.3 Å². The quantitative estimate of drug-likeness (QED) is 0.827. The van der Waals surface area contributed by atoms with Gasteiger partial charge in [0.15, 0.2) is 0 Å². The monoisotopic (exact) mass is 209 g/mol. The lowest BCUT2D eigenvalue weighted by atomic mass is 9.95. The van der Waals surface area contributed by atoms with Crippen LogP contribution in [0.15, 0.2) is 12.1 Å². The molecule has 2 N–H and O–H groups in total. The average molecular weight is 209 g/mol. The number of ether oxygens (including phenoxy) is 2. The summed E-state index contributed by atoms with van der Waals surface area (Å²) in [4.78, 5) is 0. The molecule has 1 aromatic carbocycles. The van der Waals surface area contributed by atoms with Crippen molar-refractivity contribution in [3.63, 3.8) is 0 Å². The Balaban J connectivity index is 3.37. The summed E-state index contributed by atoms with van der Waals surface area (Å²) in [6.07, 6.45) is 0. The summed E-state index contributed by atoms with van der Waals surface area (Å²) in [5.74, 6) is 2.09. The van der Waals surface area contributed by atoms with Crippen molar-refractivity contribution >= 4 is 0 Å². The number of benzene rings is 1. The standard InChI is InChI=1S/C12H19NO2/c1-8(2)12-9(7-13)10(14-3)5-6-11(12)15-4/h5-6,8H,7,13H2,1-4H3. The van der Waals surface area contributed by atoms with Gasteiger partial charge in [-0.1, -0.05) is 13.8 Å². The van der Waals surface area contributed by atoms with E-state index in [2.05, 4.69) is 13.8 Å². The van der Waals surface area contributed by atoms with Crippen LogP contribution >= 0.6 is 0 Å². The molecule has 1 rings (SSSR count). The summed E-state index contributed by atoms with van der Waals surface area (Å²) in [5.41, 5.74) is 7.93. The molecule has 0 atom stereocenters. The zero-order valence-corrected chi connectivity index (χ0v) is 9.83. The van der Waals surface area contributed by atoms with Crippen molar-refractivity contribution in [1.29, 1.82) is 0 Å². The SMILES string of the molecule is COc1ccc(OC)c(C(C)C)c1CN. The van der Waals surface area contributed by atoms with E-state index in [0.717, 1.165) is 22.6 Å². The van der Waals surface area contributed by atoms with Gasteiger partial charge >= 0.3 is 0 Å². The molecule has 0 heterocycles. The largest absolute Gasteiger partial charge is 0.496 e. The van der Waals surface area contributed by atoms with Crippen LogP contribution < -0.4 is 15.2 Å². The summed E-state index contributed by atoms with van der Waals surface area (Å²) in [6, 6.07) is 3.82. The van der Waals surface area contributed by atoms with Gasteiger partial charge in [0.05, 0.1) is 14.2 Å². The van der Waals surface area contributed by atoms with Crippen LogP contribution in [0.2, 0.25) is 0 Å². The normalized spacial score (nSPS) is 10.5. The van der Waals surface area contributed by atoms with E-state index in [1.165, 1.54) is 0 Å². The Bertz CT molecular complexity index is 335. The minimum Gasteiger partial charge on any atom is -0.496 e. The van der Waals surface area contributed by atoms with Gasteiger partial charge in [0.2, 0.25) is 0 Å². The maximum absolute atomic E-state index is 5.75. The Morgan fingerprint density at radius 1 is 1.13 bits per heavy atom.